The lowest BCUT2D eigenvalue weighted by atomic mass is 10.2. The van der Waals surface area contributed by atoms with E-state index in [0.29, 0.717) is 10.0 Å². The highest BCUT2D eigenvalue weighted by atomic mass is 35.5. The molecule has 0 bridgehead atoms. The fourth-order valence-electron chi connectivity index (χ4n) is 1.31. The number of carboxylic acids is 1. The third-order valence-electron chi connectivity index (χ3n) is 2.15. The van der Waals surface area contributed by atoms with E-state index in [1.807, 2.05) is 0 Å². The third kappa shape index (κ3) is 3.21. The van der Waals surface area contributed by atoms with Gasteiger partial charge in [-0.3, -0.25) is 0 Å². The minimum atomic E-state index is -1.39. The molecule has 0 aliphatic heterocycles. The number of hydrogen-bond donors (Lipinski definition) is 1. The molecular weight excluding hydrogens is 296 g/mol. The van der Waals surface area contributed by atoms with Crippen LogP contribution in [0.2, 0.25) is 5.02 Å². The lowest BCUT2D eigenvalue weighted by molar-refractivity contribution is 0.0695. The molecule has 0 aliphatic carbocycles. The lowest BCUT2D eigenvalue weighted by Gasteiger charge is -2.05. The second-order valence-electron chi connectivity index (χ2n) is 3.49. The number of carboxylic acid groups (broad SMARTS) is 1. The normalized spacial score (nSPS) is 10.5. The summed E-state index contributed by atoms with van der Waals surface area (Å²) >= 11 is 6.40. The molecule has 0 fully saturated rings. The van der Waals surface area contributed by atoms with Crippen molar-refractivity contribution in [1.29, 1.82) is 0 Å². The van der Waals surface area contributed by atoms with Gasteiger partial charge in [0.25, 0.3) is 0 Å². The first-order chi connectivity index (χ1) is 8.97. The van der Waals surface area contributed by atoms with Crippen LogP contribution in [0.3, 0.4) is 0 Å². The average molecular weight is 302 g/mol. The minimum absolute atomic E-state index is 0.306. The van der Waals surface area contributed by atoms with Crippen molar-refractivity contribution in [3.05, 3.63) is 52.7 Å². The van der Waals surface area contributed by atoms with Crippen LogP contribution in [0.1, 0.15) is 10.4 Å². The SMILES string of the molecule is O=C(O)c1cc(F)c(Sc2ccc(Cl)cn2)c(F)c1. The Morgan fingerprint density at radius 2 is 1.89 bits per heavy atom. The van der Waals surface area contributed by atoms with Gasteiger partial charge in [-0.2, -0.15) is 0 Å². The maximum atomic E-state index is 13.7. The highest BCUT2D eigenvalue weighted by Gasteiger charge is 2.16. The van der Waals surface area contributed by atoms with Gasteiger partial charge in [0.1, 0.15) is 16.7 Å². The summed E-state index contributed by atoms with van der Waals surface area (Å²) in [5.74, 6) is -3.28. The Morgan fingerprint density at radius 1 is 1.26 bits per heavy atom. The van der Waals surface area contributed by atoms with Gasteiger partial charge in [-0.05, 0) is 24.3 Å². The Labute approximate surface area is 116 Å². The quantitative estimate of drug-likeness (QED) is 0.935. The fourth-order valence-corrected chi connectivity index (χ4v) is 2.18. The van der Waals surface area contributed by atoms with Gasteiger partial charge in [-0.15, -0.1) is 0 Å². The molecule has 0 radical (unpaired) electrons. The van der Waals surface area contributed by atoms with Crippen LogP contribution < -0.4 is 0 Å². The zero-order chi connectivity index (χ0) is 14.0. The highest BCUT2D eigenvalue weighted by molar-refractivity contribution is 7.99. The Kier molecular flexibility index (Phi) is 4.01. The van der Waals surface area contributed by atoms with Crippen LogP contribution in [-0.4, -0.2) is 16.1 Å². The highest BCUT2D eigenvalue weighted by Crippen LogP contribution is 2.31. The number of aromatic carboxylic acids is 1. The molecule has 0 spiro atoms. The Hall–Kier alpha value is -1.66. The maximum absolute atomic E-state index is 13.7. The Balaban J connectivity index is 2.35. The summed E-state index contributed by atoms with van der Waals surface area (Å²) in [6, 6.07) is 4.59. The van der Waals surface area contributed by atoms with Gasteiger partial charge in [0.05, 0.1) is 15.5 Å². The van der Waals surface area contributed by atoms with E-state index in [1.165, 1.54) is 18.3 Å². The van der Waals surface area contributed by atoms with E-state index < -0.39 is 23.2 Å². The van der Waals surface area contributed by atoms with Crippen LogP contribution in [0.4, 0.5) is 8.78 Å². The van der Waals surface area contributed by atoms with Crippen molar-refractivity contribution in [3.8, 4) is 0 Å². The van der Waals surface area contributed by atoms with E-state index >= 15 is 0 Å². The number of hydrogen-bond acceptors (Lipinski definition) is 3. The molecule has 1 heterocycles. The molecule has 0 atom stereocenters. The fraction of sp³-hybridized carbons (Fsp3) is 0. The molecule has 7 heteroatoms. The molecule has 0 aliphatic rings. The topological polar surface area (TPSA) is 50.2 Å². The van der Waals surface area contributed by atoms with Crippen LogP contribution in [0, 0.1) is 11.6 Å². The van der Waals surface area contributed by atoms with Gasteiger partial charge in [-0.25, -0.2) is 18.6 Å². The standard InChI is InChI=1S/C12H6ClF2NO2S/c13-7-1-2-10(16-5-7)19-11-8(14)3-6(12(17)18)4-9(11)15/h1-5H,(H,17,18). The predicted molar refractivity (Wildman–Crippen MR) is 66.7 cm³/mol. The number of nitrogens with zero attached hydrogens (tertiary/aromatic N) is 1. The molecule has 0 saturated heterocycles. The molecule has 3 nitrogen and oxygen atoms in total. The van der Waals surface area contributed by atoms with Crippen molar-refractivity contribution >= 4 is 29.3 Å². The first-order valence-corrected chi connectivity index (χ1v) is 6.18. The molecule has 2 rings (SSSR count). The minimum Gasteiger partial charge on any atom is -0.478 e. The van der Waals surface area contributed by atoms with Crippen molar-refractivity contribution in [2.75, 3.05) is 0 Å². The number of benzene rings is 1. The Morgan fingerprint density at radius 3 is 2.37 bits per heavy atom. The van der Waals surface area contributed by atoms with Crippen LogP contribution in [0.25, 0.3) is 0 Å². The first kappa shape index (κ1) is 13.8. The second kappa shape index (κ2) is 5.54. The summed E-state index contributed by atoms with van der Waals surface area (Å²) in [7, 11) is 0. The molecule has 1 aromatic carbocycles. The number of carbonyl (C=O) groups is 1. The van der Waals surface area contributed by atoms with Gasteiger partial charge in [-0.1, -0.05) is 23.4 Å². The average Bonchev–Trinajstić information content (AvgIpc) is 2.35. The van der Waals surface area contributed by atoms with Crippen molar-refractivity contribution in [2.45, 2.75) is 9.92 Å². The zero-order valence-corrected chi connectivity index (χ0v) is 10.8. The van der Waals surface area contributed by atoms with E-state index in [4.69, 9.17) is 16.7 Å². The predicted octanol–water partition coefficient (Wildman–Crippen LogP) is 3.86. The van der Waals surface area contributed by atoms with E-state index in [1.54, 1.807) is 0 Å². The van der Waals surface area contributed by atoms with Crippen molar-refractivity contribution in [2.24, 2.45) is 0 Å². The maximum Gasteiger partial charge on any atom is 0.335 e. The summed E-state index contributed by atoms with van der Waals surface area (Å²) < 4.78 is 27.3. The first-order valence-electron chi connectivity index (χ1n) is 4.99. The van der Waals surface area contributed by atoms with E-state index in [2.05, 4.69) is 4.98 Å². The second-order valence-corrected chi connectivity index (χ2v) is 4.96. The largest absolute Gasteiger partial charge is 0.478 e. The summed E-state index contributed by atoms with van der Waals surface area (Å²) in [6.07, 6.45) is 1.35. The third-order valence-corrected chi connectivity index (χ3v) is 3.42. The van der Waals surface area contributed by atoms with E-state index in [0.717, 1.165) is 23.9 Å². The van der Waals surface area contributed by atoms with Crippen LogP contribution in [0.5, 0.6) is 0 Å². The molecule has 0 amide bonds. The molecular formula is C12H6ClF2NO2S. The molecule has 1 N–H and O–H groups in total. The Bertz CT molecular complexity index is 611. The number of aromatic nitrogens is 1. The smallest absolute Gasteiger partial charge is 0.335 e. The van der Waals surface area contributed by atoms with Gasteiger partial charge < -0.3 is 5.11 Å². The molecule has 1 aromatic heterocycles. The van der Waals surface area contributed by atoms with Crippen LogP contribution in [0.15, 0.2) is 40.4 Å². The van der Waals surface area contributed by atoms with Gasteiger partial charge >= 0.3 is 5.97 Å². The zero-order valence-electron chi connectivity index (χ0n) is 9.23. The van der Waals surface area contributed by atoms with Gasteiger partial charge in [0.15, 0.2) is 0 Å². The summed E-state index contributed by atoms with van der Waals surface area (Å²) in [5, 5.41) is 9.44. The number of halogens is 3. The summed E-state index contributed by atoms with van der Waals surface area (Å²) in [5.41, 5.74) is -0.441. The van der Waals surface area contributed by atoms with Crippen molar-refractivity contribution in [1.82, 2.24) is 4.98 Å². The molecule has 0 unspecified atom stereocenters. The van der Waals surface area contributed by atoms with Gasteiger partial charge in [0, 0.05) is 6.20 Å². The lowest BCUT2D eigenvalue weighted by Crippen LogP contribution is -2.00. The number of pyridine rings is 1. The van der Waals surface area contributed by atoms with Crippen LogP contribution in [-0.2, 0) is 0 Å². The number of rotatable bonds is 3. The van der Waals surface area contributed by atoms with Crippen molar-refractivity contribution in [3.63, 3.8) is 0 Å². The van der Waals surface area contributed by atoms with Crippen LogP contribution >= 0.6 is 23.4 Å². The molecule has 98 valence electrons. The van der Waals surface area contributed by atoms with Gasteiger partial charge in [0.2, 0.25) is 0 Å². The molecule has 19 heavy (non-hydrogen) atoms. The summed E-state index contributed by atoms with van der Waals surface area (Å²) in [4.78, 5) is 14.2. The summed E-state index contributed by atoms with van der Waals surface area (Å²) in [6.45, 7) is 0. The van der Waals surface area contributed by atoms with Crippen molar-refractivity contribution < 1.29 is 18.7 Å². The van der Waals surface area contributed by atoms with E-state index in [9.17, 15) is 13.6 Å². The monoisotopic (exact) mass is 301 g/mol. The molecule has 0 saturated carbocycles. The van der Waals surface area contributed by atoms with E-state index in [-0.39, 0.29) is 4.90 Å². The molecule has 2 aromatic rings.